The number of hydrazone groups is 1. The molecule has 1 atom stereocenters. The lowest BCUT2D eigenvalue weighted by atomic mass is 10.1. The van der Waals surface area contributed by atoms with Crippen LogP contribution in [0.25, 0.3) is 6.08 Å². The first-order chi connectivity index (χ1) is 10.4. The van der Waals surface area contributed by atoms with Gasteiger partial charge in [0, 0.05) is 6.42 Å². The molecule has 118 valence electrons. The number of halogens is 1. The summed E-state index contributed by atoms with van der Waals surface area (Å²) >= 11 is 5.99. The average Bonchev–Trinajstić information content (AvgIpc) is 2.79. The van der Waals surface area contributed by atoms with E-state index >= 15 is 0 Å². The van der Waals surface area contributed by atoms with Gasteiger partial charge in [0.2, 0.25) is 5.91 Å². The summed E-state index contributed by atoms with van der Waals surface area (Å²) in [4.78, 5) is 11.7. The van der Waals surface area contributed by atoms with E-state index in [1.807, 2.05) is 30.3 Å². The summed E-state index contributed by atoms with van der Waals surface area (Å²) < 4.78 is 22.6. The van der Waals surface area contributed by atoms with Gasteiger partial charge in [-0.3, -0.25) is 4.79 Å². The molecule has 1 aliphatic heterocycles. The molecule has 2 rings (SSSR count). The van der Waals surface area contributed by atoms with E-state index in [0.717, 1.165) is 5.56 Å². The van der Waals surface area contributed by atoms with E-state index in [-0.39, 0.29) is 29.8 Å². The van der Waals surface area contributed by atoms with Crippen LogP contribution < -0.4 is 5.43 Å². The number of benzene rings is 1. The fourth-order valence-electron chi connectivity index (χ4n) is 2.25. The summed E-state index contributed by atoms with van der Waals surface area (Å²) in [5.41, 5.74) is 3.30. The highest BCUT2D eigenvalue weighted by Crippen LogP contribution is 2.21. The van der Waals surface area contributed by atoms with Crippen molar-refractivity contribution in [2.45, 2.75) is 12.8 Å². The van der Waals surface area contributed by atoms with Crippen molar-refractivity contribution in [1.82, 2.24) is 5.43 Å². The Morgan fingerprint density at radius 2 is 2.09 bits per heavy atom. The number of hydrogen-bond acceptors (Lipinski definition) is 4. The number of rotatable bonds is 5. The van der Waals surface area contributed by atoms with E-state index in [4.69, 9.17) is 11.6 Å². The number of allylic oxidation sites excluding steroid dienone is 1. The number of nitrogens with one attached hydrogen (secondary N) is 1. The topological polar surface area (TPSA) is 75.6 Å². The van der Waals surface area contributed by atoms with Crippen molar-refractivity contribution in [3.8, 4) is 0 Å². The zero-order valence-electron chi connectivity index (χ0n) is 11.9. The van der Waals surface area contributed by atoms with Crippen LogP contribution in [0.2, 0.25) is 0 Å². The molecule has 0 aliphatic carbocycles. The Labute approximate surface area is 135 Å². The predicted octanol–water partition coefficient (Wildman–Crippen LogP) is 2.19. The maximum absolute atomic E-state index is 11.7. The molecule has 1 fully saturated rings. The van der Waals surface area contributed by atoms with Crippen LogP contribution in [0.15, 0.2) is 40.5 Å². The molecule has 0 aromatic heterocycles. The number of hydrogen-bond donors (Lipinski definition) is 1. The van der Waals surface area contributed by atoms with E-state index in [1.165, 1.54) is 6.21 Å². The first-order valence-electron chi connectivity index (χ1n) is 6.89. The van der Waals surface area contributed by atoms with Crippen LogP contribution in [0.5, 0.6) is 0 Å². The number of carbonyl (C=O) groups is 1. The molecular weight excluding hydrogens is 324 g/mol. The molecule has 0 saturated carbocycles. The quantitative estimate of drug-likeness (QED) is 0.659. The minimum Gasteiger partial charge on any atom is -0.273 e. The van der Waals surface area contributed by atoms with Gasteiger partial charge >= 0.3 is 0 Å². The smallest absolute Gasteiger partial charge is 0.240 e. The van der Waals surface area contributed by atoms with Crippen molar-refractivity contribution in [3.05, 3.63) is 40.9 Å². The van der Waals surface area contributed by atoms with E-state index in [0.29, 0.717) is 11.5 Å². The van der Waals surface area contributed by atoms with Gasteiger partial charge in [0.05, 0.1) is 22.8 Å². The largest absolute Gasteiger partial charge is 0.273 e. The first-order valence-corrected chi connectivity index (χ1v) is 9.09. The summed E-state index contributed by atoms with van der Waals surface area (Å²) in [7, 11) is -2.96. The van der Waals surface area contributed by atoms with Crippen LogP contribution in [0, 0.1) is 5.92 Å². The van der Waals surface area contributed by atoms with E-state index in [2.05, 4.69) is 10.5 Å². The summed E-state index contributed by atoms with van der Waals surface area (Å²) in [5.74, 6) is -0.170. The van der Waals surface area contributed by atoms with Crippen LogP contribution in [0.3, 0.4) is 0 Å². The highest BCUT2D eigenvalue weighted by Gasteiger charge is 2.29. The lowest BCUT2D eigenvalue weighted by Crippen LogP contribution is -2.21. The van der Waals surface area contributed by atoms with Crippen LogP contribution in [0.1, 0.15) is 18.4 Å². The van der Waals surface area contributed by atoms with Crippen molar-refractivity contribution in [1.29, 1.82) is 0 Å². The fourth-order valence-corrected chi connectivity index (χ4v) is 4.29. The zero-order valence-corrected chi connectivity index (χ0v) is 13.5. The normalized spacial score (nSPS) is 21.1. The van der Waals surface area contributed by atoms with Crippen molar-refractivity contribution >= 4 is 39.6 Å². The van der Waals surface area contributed by atoms with Gasteiger partial charge in [-0.15, -0.1) is 0 Å². The van der Waals surface area contributed by atoms with Crippen molar-refractivity contribution in [2.24, 2.45) is 11.0 Å². The van der Waals surface area contributed by atoms with Gasteiger partial charge in [0.1, 0.15) is 0 Å². The van der Waals surface area contributed by atoms with Gasteiger partial charge < -0.3 is 0 Å². The predicted molar refractivity (Wildman–Crippen MR) is 88.3 cm³/mol. The minimum atomic E-state index is -2.96. The van der Waals surface area contributed by atoms with Crippen LogP contribution in [-0.2, 0) is 14.6 Å². The molecule has 1 aromatic rings. The highest BCUT2D eigenvalue weighted by atomic mass is 35.5. The molecule has 22 heavy (non-hydrogen) atoms. The van der Waals surface area contributed by atoms with Crippen molar-refractivity contribution in [3.63, 3.8) is 0 Å². The molecule has 0 spiro atoms. The number of amides is 1. The monoisotopic (exact) mass is 340 g/mol. The molecule has 0 unspecified atom stereocenters. The highest BCUT2D eigenvalue weighted by molar-refractivity contribution is 7.91. The standard InChI is InChI=1S/C15H17ClN2O3S/c16-14(8-12-4-2-1-3-5-12)10-17-18-15(19)9-13-6-7-22(20,21)11-13/h1-5,8,10,13H,6-7,9,11H2,(H,18,19)/b14-8-,17-10-/t13-/m0/s1. The zero-order chi connectivity index (χ0) is 16.0. The lowest BCUT2D eigenvalue weighted by molar-refractivity contribution is -0.121. The molecule has 5 nitrogen and oxygen atoms in total. The molecule has 7 heteroatoms. The SMILES string of the molecule is O=C(C[C@@H]1CCS(=O)(=O)C1)N/N=C\C(Cl)=C\c1ccccc1. The molecular formula is C15H17ClN2O3S. The Balaban J connectivity index is 1.79. The Hall–Kier alpha value is -1.66. The Morgan fingerprint density at radius 1 is 1.36 bits per heavy atom. The van der Waals surface area contributed by atoms with Gasteiger partial charge in [-0.1, -0.05) is 41.9 Å². The molecule has 0 radical (unpaired) electrons. The second-order valence-electron chi connectivity index (χ2n) is 5.21. The molecule has 0 bridgehead atoms. The summed E-state index contributed by atoms with van der Waals surface area (Å²) in [6.45, 7) is 0. The average molecular weight is 341 g/mol. The molecule has 1 heterocycles. The second-order valence-corrected chi connectivity index (χ2v) is 7.87. The van der Waals surface area contributed by atoms with Crippen molar-refractivity contribution < 1.29 is 13.2 Å². The van der Waals surface area contributed by atoms with E-state index in [1.54, 1.807) is 6.08 Å². The number of sulfone groups is 1. The summed E-state index contributed by atoms with van der Waals surface area (Å²) in [6.07, 6.45) is 3.77. The van der Waals surface area contributed by atoms with Crippen LogP contribution in [-0.4, -0.2) is 32.0 Å². The summed E-state index contributed by atoms with van der Waals surface area (Å²) in [6, 6.07) is 9.49. The van der Waals surface area contributed by atoms with Crippen LogP contribution >= 0.6 is 11.6 Å². The van der Waals surface area contributed by atoms with Gasteiger partial charge in [-0.05, 0) is 24.0 Å². The second kappa shape index (κ2) is 7.56. The Kier molecular flexibility index (Phi) is 5.74. The maximum Gasteiger partial charge on any atom is 0.240 e. The summed E-state index contributed by atoms with van der Waals surface area (Å²) in [5, 5.41) is 4.16. The Bertz CT molecular complexity index is 684. The first kappa shape index (κ1) is 16.7. The molecule has 1 N–H and O–H groups in total. The third kappa shape index (κ3) is 5.61. The van der Waals surface area contributed by atoms with E-state index < -0.39 is 9.84 Å². The van der Waals surface area contributed by atoms with Crippen molar-refractivity contribution in [2.75, 3.05) is 11.5 Å². The minimum absolute atomic E-state index is 0.0821. The number of carbonyl (C=O) groups excluding carboxylic acids is 1. The molecule has 1 aliphatic rings. The molecule has 1 amide bonds. The maximum atomic E-state index is 11.7. The fraction of sp³-hybridized carbons (Fsp3) is 0.333. The lowest BCUT2D eigenvalue weighted by Gasteiger charge is -2.04. The van der Waals surface area contributed by atoms with Gasteiger partial charge in [0.25, 0.3) is 0 Å². The molecule has 1 aromatic carbocycles. The number of nitrogens with zero attached hydrogens (tertiary/aromatic N) is 1. The van der Waals surface area contributed by atoms with Gasteiger partial charge in [0.15, 0.2) is 9.84 Å². The van der Waals surface area contributed by atoms with Crippen LogP contribution in [0.4, 0.5) is 0 Å². The van der Waals surface area contributed by atoms with E-state index in [9.17, 15) is 13.2 Å². The van der Waals surface area contributed by atoms with Gasteiger partial charge in [-0.2, -0.15) is 5.10 Å². The Morgan fingerprint density at radius 3 is 2.73 bits per heavy atom. The molecule has 1 saturated heterocycles. The third-order valence-electron chi connectivity index (χ3n) is 3.28. The third-order valence-corrected chi connectivity index (χ3v) is 5.33. The van der Waals surface area contributed by atoms with Gasteiger partial charge in [-0.25, -0.2) is 13.8 Å².